The van der Waals surface area contributed by atoms with Gasteiger partial charge in [0.1, 0.15) is 5.56 Å². The van der Waals surface area contributed by atoms with Crippen molar-refractivity contribution in [2.45, 2.75) is 32.7 Å². The number of pyridine rings is 1. The highest BCUT2D eigenvalue weighted by atomic mass is 16.4. The summed E-state index contributed by atoms with van der Waals surface area (Å²) in [6.45, 7) is 2.38. The molecule has 29 heavy (non-hydrogen) atoms. The average molecular weight is 386 g/mol. The summed E-state index contributed by atoms with van der Waals surface area (Å²) in [6, 6.07) is 20.4. The molecule has 0 aliphatic rings. The van der Waals surface area contributed by atoms with Crippen LogP contribution >= 0.6 is 0 Å². The molecule has 0 fully saturated rings. The zero-order chi connectivity index (χ0) is 20.8. The van der Waals surface area contributed by atoms with Crippen LogP contribution in [-0.4, -0.2) is 15.6 Å². The molecule has 0 aliphatic heterocycles. The highest BCUT2D eigenvalue weighted by Gasteiger charge is 2.14. The summed E-state index contributed by atoms with van der Waals surface area (Å²) in [5, 5.41) is 18.6. The van der Waals surface area contributed by atoms with Crippen molar-refractivity contribution in [3.63, 3.8) is 0 Å². The maximum absolute atomic E-state index is 12.7. The molecule has 1 aromatic heterocycles. The molecule has 0 atom stereocenters. The molecule has 5 nitrogen and oxygen atoms in total. The third-order valence-corrected chi connectivity index (χ3v) is 4.93. The van der Waals surface area contributed by atoms with Crippen molar-refractivity contribution in [1.82, 2.24) is 4.57 Å². The number of hydrogen-bond acceptors (Lipinski definition) is 3. The predicted octanol–water partition coefficient (Wildman–Crippen LogP) is 4.48. The van der Waals surface area contributed by atoms with Crippen LogP contribution in [0.2, 0.25) is 0 Å². The van der Waals surface area contributed by atoms with Gasteiger partial charge >= 0.3 is 5.97 Å². The van der Waals surface area contributed by atoms with Crippen LogP contribution in [0.25, 0.3) is 11.1 Å². The second-order valence-electron chi connectivity index (χ2n) is 6.89. The Morgan fingerprint density at radius 1 is 1.07 bits per heavy atom. The largest absolute Gasteiger partial charge is 0.477 e. The predicted molar refractivity (Wildman–Crippen MR) is 112 cm³/mol. The fourth-order valence-electron chi connectivity index (χ4n) is 3.33. The fourth-order valence-corrected chi connectivity index (χ4v) is 3.33. The maximum atomic E-state index is 12.7. The summed E-state index contributed by atoms with van der Waals surface area (Å²) >= 11 is 0. The smallest absolute Gasteiger partial charge is 0.341 e. The molecule has 0 aliphatic carbocycles. The molecule has 0 saturated heterocycles. The first-order chi connectivity index (χ1) is 14.0. The van der Waals surface area contributed by atoms with Gasteiger partial charge < -0.3 is 9.67 Å². The summed E-state index contributed by atoms with van der Waals surface area (Å²) in [5.41, 5.74) is 3.41. The summed E-state index contributed by atoms with van der Waals surface area (Å²) in [7, 11) is 0. The highest BCUT2D eigenvalue weighted by molar-refractivity contribution is 5.87. The summed E-state index contributed by atoms with van der Waals surface area (Å²) in [4.78, 5) is 24.1. The second kappa shape index (κ2) is 9.03. The van der Waals surface area contributed by atoms with Gasteiger partial charge in [0.05, 0.1) is 18.2 Å². The molecular formula is C24H22N2O3. The van der Waals surface area contributed by atoms with E-state index in [0.29, 0.717) is 12.1 Å². The van der Waals surface area contributed by atoms with Crippen molar-refractivity contribution >= 4 is 5.97 Å². The number of unbranched alkanes of at least 4 members (excludes halogenated alkanes) is 1. The number of carboxylic acid groups (broad SMARTS) is 1. The van der Waals surface area contributed by atoms with E-state index in [0.717, 1.165) is 41.6 Å². The van der Waals surface area contributed by atoms with Crippen LogP contribution in [0.5, 0.6) is 0 Å². The number of rotatable bonds is 7. The SMILES string of the molecule is CCCCc1ccc(C(=O)O)c(=O)n1Cc1ccc(-c2ccccc2C#N)cc1. The minimum Gasteiger partial charge on any atom is -0.477 e. The van der Waals surface area contributed by atoms with E-state index in [9.17, 15) is 20.0 Å². The zero-order valence-corrected chi connectivity index (χ0v) is 16.3. The van der Waals surface area contributed by atoms with Crippen LogP contribution in [-0.2, 0) is 13.0 Å². The molecule has 3 aromatic rings. The van der Waals surface area contributed by atoms with Crippen LogP contribution in [0.1, 0.15) is 46.9 Å². The van der Waals surface area contributed by atoms with E-state index in [1.807, 2.05) is 42.5 Å². The van der Waals surface area contributed by atoms with Crippen molar-refractivity contribution < 1.29 is 9.90 Å². The van der Waals surface area contributed by atoms with Gasteiger partial charge in [-0.05, 0) is 47.7 Å². The van der Waals surface area contributed by atoms with Crippen LogP contribution in [0.4, 0.5) is 0 Å². The number of aromatic nitrogens is 1. The molecule has 0 spiro atoms. The van der Waals surface area contributed by atoms with Crippen molar-refractivity contribution in [1.29, 1.82) is 5.26 Å². The minimum absolute atomic E-state index is 0.218. The summed E-state index contributed by atoms with van der Waals surface area (Å²) < 4.78 is 1.55. The molecule has 3 rings (SSSR count). The topological polar surface area (TPSA) is 83.1 Å². The normalized spacial score (nSPS) is 10.5. The molecule has 5 heteroatoms. The molecule has 2 aromatic carbocycles. The Morgan fingerprint density at radius 2 is 1.79 bits per heavy atom. The lowest BCUT2D eigenvalue weighted by Gasteiger charge is -2.14. The van der Waals surface area contributed by atoms with E-state index >= 15 is 0 Å². The molecule has 0 radical (unpaired) electrons. The second-order valence-corrected chi connectivity index (χ2v) is 6.89. The third kappa shape index (κ3) is 4.44. The summed E-state index contributed by atoms with van der Waals surface area (Å²) in [5.74, 6) is -1.21. The zero-order valence-electron chi connectivity index (χ0n) is 16.3. The Balaban J connectivity index is 1.95. The van der Waals surface area contributed by atoms with E-state index in [2.05, 4.69) is 13.0 Å². The molecule has 1 N–H and O–H groups in total. The number of carboxylic acids is 1. The average Bonchev–Trinajstić information content (AvgIpc) is 2.74. The molecule has 1 heterocycles. The van der Waals surface area contributed by atoms with Gasteiger partial charge in [-0.25, -0.2) is 4.79 Å². The molecular weight excluding hydrogens is 364 g/mol. The maximum Gasteiger partial charge on any atom is 0.341 e. The molecule has 0 amide bonds. The lowest BCUT2D eigenvalue weighted by atomic mass is 9.99. The fraction of sp³-hybridized carbons (Fsp3) is 0.208. The van der Waals surface area contributed by atoms with Gasteiger partial charge in [0.25, 0.3) is 5.56 Å². The van der Waals surface area contributed by atoms with Gasteiger partial charge in [-0.15, -0.1) is 0 Å². The van der Waals surface area contributed by atoms with Crippen LogP contribution in [0, 0.1) is 11.3 Å². The van der Waals surface area contributed by atoms with Gasteiger partial charge in [-0.1, -0.05) is 55.8 Å². The monoisotopic (exact) mass is 386 g/mol. The van der Waals surface area contributed by atoms with Crippen LogP contribution in [0.15, 0.2) is 65.5 Å². The number of benzene rings is 2. The molecule has 146 valence electrons. The quantitative estimate of drug-likeness (QED) is 0.649. The lowest BCUT2D eigenvalue weighted by molar-refractivity contribution is 0.0694. The van der Waals surface area contributed by atoms with Crippen molar-refractivity contribution in [3.05, 3.63) is 93.4 Å². The van der Waals surface area contributed by atoms with Crippen LogP contribution in [0.3, 0.4) is 0 Å². The number of aryl methyl sites for hydroxylation is 1. The minimum atomic E-state index is -1.21. The van der Waals surface area contributed by atoms with Gasteiger partial charge in [-0.3, -0.25) is 4.79 Å². The van der Waals surface area contributed by atoms with Gasteiger partial charge in [0.2, 0.25) is 0 Å². The van der Waals surface area contributed by atoms with E-state index in [1.165, 1.54) is 6.07 Å². The first-order valence-corrected chi connectivity index (χ1v) is 9.59. The van der Waals surface area contributed by atoms with Crippen molar-refractivity contribution in [2.24, 2.45) is 0 Å². The third-order valence-electron chi connectivity index (χ3n) is 4.93. The Labute approximate surface area is 169 Å². The Bertz CT molecular complexity index is 1120. The number of nitriles is 1. The number of nitrogens with zero attached hydrogens (tertiary/aromatic N) is 2. The number of aromatic carboxylic acids is 1. The van der Waals surface area contributed by atoms with E-state index in [4.69, 9.17) is 0 Å². The van der Waals surface area contributed by atoms with Crippen molar-refractivity contribution in [3.8, 4) is 17.2 Å². The van der Waals surface area contributed by atoms with Gasteiger partial charge in [0, 0.05) is 5.69 Å². The standard InChI is InChI=1S/C24H22N2O3/c1-2-3-7-20-13-14-22(24(28)29)23(27)26(20)16-17-9-11-18(12-10-17)21-8-5-4-6-19(21)15-25/h4-6,8-14H,2-3,7,16H2,1H3,(H,28,29). The molecule has 0 bridgehead atoms. The van der Waals surface area contributed by atoms with E-state index in [1.54, 1.807) is 16.7 Å². The first kappa shape index (κ1) is 20.1. The molecule has 0 unspecified atom stereocenters. The van der Waals surface area contributed by atoms with E-state index < -0.39 is 11.5 Å². The van der Waals surface area contributed by atoms with Gasteiger partial charge in [0.15, 0.2) is 0 Å². The lowest BCUT2D eigenvalue weighted by Crippen LogP contribution is -2.29. The van der Waals surface area contributed by atoms with E-state index in [-0.39, 0.29) is 5.56 Å². The van der Waals surface area contributed by atoms with Crippen LogP contribution < -0.4 is 5.56 Å². The number of carbonyl (C=O) groups is 1. The van der Waals surface area contributed by atoms with Gasteiger partial charge in [-0.2, -0.15) is 5.26 Å². The Hall–Kier alpha value is -3.65. The molecule has 0 saturated carbocycles. The Morgan fingerprint density at radius 3 is 2.45 bits per heavy atom. The Kier molecular flexibility index (Phi) is 6.25. The highest BCUT2D eigenvalue weighted by Crippen LogP contribution is 2.23. The number of hydrogen-bond donors (Lipinski definition) is 1. The van der Waals surface area contributed by atoms with Crippen molar-refractivity contribution in [2.75, 3.05) is 0 Å². The first-order valence-electron chi connectivity index (χ1n) is 9.59. The summed E-state index contributed by atoms with van der Waals surface area (Å²) in [6.07, 6.45) is 2.64.